The molecule has 1 saturated heterocycles. The lowest BCUT2D eigenvalue weighted by atomic mass is 9.98. The monoisotopic (exact) mass is 479 g/mol. The Hall–Kier alpha value is -3.06. The molecule has 1 aromatic heterocycles. The third kappa shape index (κ3) is 4.49. The van der Waals surface area contributed by atoms with Crippen LogP contribution in [0.2, 0.25) is 5.02 Å². The van der Waals surface area contributed by atoms with Crippen molar-refractivity contribution in [1.82, 2.24) is 10.3 Å². The van der Waals surface area contributed by atoms with Gasteiger partial charge < -0.3 is 15.4 Å². The largest absolute Gasteiger partial charge is 0.378 e. The number of nitrogens with one attached hydrogen (secondary N) is 2. The van der Waals surface area contributed by atoms with E-state index < -0.39 is 0 Å². The van der Waals surface area contributed by atoms with Gasteiger partial charge >= 0.3 is 0 Å². The van der Waals surface area contributed by atoms with Crippen molar-refractivity contribution < 1.29 is 13.5 Å². The van der Waals surface area contributed by atoms with Crippen LogP contribution < -0.4 is 10.6 Å². The Labute approximate surface area is 201 Å². The molecule has 0 spiro atoms. The summed E-state index contributed by atoms with van der Waals surface area (Å²) in [6.45, 7) is 3.98. The van der Waals surface area contributed by atoms with E-state index in [9.17, 15) is 4.39 Å². The average molecular weight is 480 g/mol. The Morgan fingerprint density at radius 1 is 1.09 bits per heavy atom. The number of pyridine rings is 1. The fourth-order valence-electron chi connectivity index (χ4n) is 4.35. The zero-order chi connectivity index (χ0) is 23.7. The SMILES string of the molecule is CC(Nc1c(Cl)cnc2cc(F)c(-c3ccc(C4COCCN4)cc3)cc12)c1ccccc1F. The molecule has 0 amide bonds. The summed E-state index contributed by atoms with van der Waals surface area (Å²) in [5.41, 5.74) is 3.85. The van der Waals surface area contributed by atoms with E-state index in [1.807, 2.05) is 31.2 Å². The lowest BCUT2D eigenvalue weighted by molar-refractivity contribution is 0.0769. The van der Waals surface area contributed by atoms with Crippen LogP contribution in [0.1, 0.15) is 30.1 Å². The number of rotatable bonds is 5. The van der Waals surface area contributed by atoms with Crippen LogP contribution in [0, 0.1) is 11.6 Å². The zero-order valence-corrected chi connectivity index (χ0v) is 19.4. The molecule has 2 unspecified atom stereocenters. The molecular formula is C27H24ClF2N3O. The number of hydrogen-bond donors (Lipinski definition) is 2. The predicted octanol–water partition coefficient (Wildman–Crippen LogP) is 6.67. The first-order chi connectivity index (χ1) is 16.5. The third-order valence-corrected chi connectivity index (χ3v) is 6.48. The Bertz CT molecular complexity index is 1320. The minimum atomic E-state index is -0.373. The molecule has 2 N–H and O–H groups in total. The molecule has 2 atom stereocenters. The fraction of sp³-hybridized carbons (Fsp3) is 0.222. The minimum absolute atomic E-state index is 0.128. The molecule has 7 heteroatoms. The number of morpholine rings is 1. The second-order valence-electron chi connectivity index (χ2n) is 8.42. The quantitative estimate of drug-likeness (QED) is 0.335. The summed E-state index contributed by atoms with van der Waals surface area (Å²) in [5, 5.41) is 7.77. The molecule has 3 aromatic carbocycles. The number of halogens is 3. The Balaban J connectivity index is 1.52. The van der Waals surface area contributed by atoms with E-state index in [-0.39, 0.29) is 23.7 Å². The minimum Gasteiger partial charge on any atom is -0.378 e. The summed E-state index contributed by atoms with van der Waals surface area (Å²) in [5.74, 6) is -0.677. The van der Waals surface area contributed by atoms with E-state index in [1.165, 1.54) is 18.3 Å². The van der Waals surface area contributed by atoms with Crippen molar-refractivity contribution in [3.05, 3.63) is 94.6 Å². The molecule has 1 aliphatic rings. The van der Waals surface area contributed by atoms with Crippen molar-refractivity contribution in [3.63, 3.8) is 0 Å². The molecular weight excluding hydrogens is 456 g/mol. The van der Waals surface area contributed by atoms with Gasteiger partial charge in [-0.05, 0) is 30.2 Å². The second kappa shape index (κ2) is 9.66. The highest BCUT2D eigenvalue weighted by Crippen LogP contribution is 2.37. The van der Waals surface area contributed by atoms with Gasteiger partial charge in [0, 0.05) is 35.3 Å². The molecule has 4 nitrogen and oxygen atoms in total. The maximum absolute atomic E-state index is 15.1. The van der Waals surface area contributed by atoms with Crippen molar-refractivity contribution in [2.24, 2.45) is 0 Å². The number of anilines is 1. The first-order valence-corrected chi connectivity index (χ1v) is 11.6. The molecule has 174 valence electrons. The van der Waals surface area contributed by atoms with E-state index in [0.29, 0.717) is 46.0 Å². The highest BCUT2D eigenvalue weighted by atomic mass is 35.5. The highest BCUT2D eigenvalue weighted by Gasteiger charge is 2.18. The summed E-state index contributed by atoms with van der Waals surface area (Å²) in [4.78, 5) is 4.30. The van der Waals surface area contributed by atoms with Crippen LogP contribution in [0.5, 0.6) is 0 Å². The Morgan fingerprint density at radius 3 is 2.62 bits per heavy atom. The summed E-state index contributed by atoms with van der Waals surface area (Å²) < 4.78 is 35.0. The number of ether oxygens (including phenoxy) is 1. The predicted molar refractivity (Wildman–Crippen MR) is 132 cm³/mol. The molecule has 0 aliphatic carbocycles. The molecule has 1 aliphatic heterocycles. The van der Waals surface area contributed by atoms with Crippen LogP contribution in [0.15, 0.2) is 66.9 Å². The van der Waals surface area contributed by atoms with Crippen LogP contribution >= 0.6 is 11.6 Å². The molecule has 34 heavy (non-hydrogen) atoms. The molecule has 2 heterocycles. The average Bonchev–Trinajstić information content (AvgIpc) is 2.86. The van der Waals surface area contributed by atoms with Gasteiger partial charge in [-0.1, -0.05) is 54.1 Å². The molecule has 0 bridgehead atoms. The third-order valence-electron chi connectivity index (χ3n) is 6.19. The molecule has 5 rings (SSSR count). The molecule has 0 radical (unpaired) electrons. The van der Waals surface area contributed by atoms with Crippen molar-refractivity contribution in [2.75, 3.05) is 25.1 Å². The van der Waals surface area contributed by atoms with Gasteiger partial charge in [-0.2, -0.15) is 0 Å². The topological polar surface area (TPSA) is 46.2 Å². The lowest BCUT2D eigenvalue weighted by Gasteiger charge is -2.24. The van der Waals surface area contributed by atoms with Crippen molar-refractivity contribution in [1.29, 1.82) is 0 Å². The van der Waals surface area contributed by atoms with Gasteiger partial charge in [0.2, 0.25) is 0 Å². The van der Waals surface area contributed by atoms with Gasteiger partial charge in [-0.15, -0.1) is 0 Å². The van der Waals surface area contributed by atoms with E-state index >= 15 is 4.39 Å². The second-order valence-corrected chi connectivity index (χ2v) is 8.83. The fourth-order valence-corrected chi connectivity index (χ4v) is 4.56. The van der Waals surface area contributed by atoms with Crippen molar-refractivity contribution in [2.45, 2.75) is 19.0 Å². The van der Waals surface area contributed by atoms with Crippen LogP contribution in [-0.2, 0) is 4.74 Å². The van der Waals surface area contributed by atoms with E-state index in [0.717, 1.165) is 17.7 Å². The number of aromatic nitrogens is 1. The van der Waals surface area contributed by atoms with Gasteiger partial charge in [0.05, 0.1) is 41.5 Å². The van der Waals surface area contributed by atoms with E-state index in [2.05, 4.69) is 15.6 Å². The Morgan fingerprint density at radius 2 is 1.88 bits per heavy atom. The number of hydrogen-bond acceptors (Lipinski definition) is 4. The normalized spacial score (nSPS) is 17.0. The van der Waals surface area contributed by atoms with Gasteiger partial charge in [0.1, 0.15) is 11.6 Å². The maximum Gasteiger partial charge on any atom is 0.133 e. The summed E-state index contributed by atoms with van der Waals surface area (Å²) in [7, 11) is 0. The summed E-state index contributed by atoms with van der Waals surface area (Å²) >= 11 is 6.49. The standard InChI is InChI=1S/C27H24ClF2N3O/c1-16(19-4-2-3-5-23(19)29)33-27-21-12-20(24(30)13-25(21)32-14-22(27)28)17-6-8-18(9-7-17)26-15-34-11-10-31-26/h2-9,12-14,16,26,31H,10-11,15H2,1H3,(H,32,33). The summed E-state index contributed by atoms with van der Waals surface area (Å²) in [6.07, 6.45) is 1.48. The van der Waals surface area contributed by atoms with Crippen LogP contribution in [0.4, 0.5) is 14.5 Å². The van der Waals surface area contributed by atoms with Crippen molar-refractivity contribution in [3.8, 4) is 11.1 Å². The van der Waals surface area contributed by atoms with Crippen LogP contribution in [0.3, 0.4) is 0 Å². The molecule has 4 aromatic rings. The zero-order valence-electron chi connectivity index (χ0n) is 18.6. The van der Waals surface area contributed by atoms with E-state index in [4.69, 9.17) is 16.3 Å². The van der Waals surface area contributed by atoms with E-state index in [1.54, 1.807) is 24.3 Å². The highest BCUT2D eigenvalue weighted by molar-refractivity contribution is 6.34. The molecule has 0 saturated carbocycles. The maximum atomic E-state index is 15.1. The van der Waals surface area contributed by atoms with Gasteiger partial charge in [-0.25, -0.2) is 8.78 Å². The van der Waals surface area contributed by atoms with Gasteiger partial charge in [0.15, 0.2) is 0 Å². The van der Waals surface area contributed by atoms with Crippen LogP contribution in [0.25, 0.3) is 22.0 Å². The lowest BCUT2D eigenvalue weighted by Crippen LogP contribution is -2.34. The molecule has 1 fully saturated rings. The van der Waals surface area contributed by atoms with Gasteiger partial charge in [0.25, 0.3) is 0 Å². The van der Waals surface area contributed by atoms with Crippen LogP contribution in [-0.4, -0.2) is 24.7 Å². The number of fused-ring (bicyclic) bond motifs is 1. The number of benzene rings is 3. The summed E-state index contributed by atoms with van der Waals surface area (Å²) in [6, 6.07) is 17.3. The first-order valence-electron chi connectivity index (χ1n) is 11.2. The Kier molecular flexibility index (Phi) is 6.46. The smallest absolute Gasteiger partial charge is 0.133 e. The van der Waals surface area contributed by atoms with Gasteiger partial charge in [-0.3, -0.25) is 4.98 Å². The first kappa shape index (κ1) is 22.7. The van der Waals surface area contributed by atoms with Crippen molar-refractivity contribution >= 4 is 28.2 Å². The number of nitrogens with zero attached hydrogens (tertiary/aromatic N) is 1.